The Hall–Kier alpha value is -2.09. The molecule has 0 spiro atoms. The number of esters is 1. The van der Waals surface area contributed by atoms with Gasteiger partial charge in [-0.2, -0.15) is 0 Å². The van der Waals surface area contributed by atoms with Crippen LogP contribution < -0.4 is 4.72 Å². The number of methoxy groups -OCH3 is 1. The molecule has 0 radical (unpaired) electrons. The second-order valence-electron chi connectivity index (χ2n) is 4.12. The van der Waals surface area contributed by atoms with Gasteiger partial charge in [0.15, 0.2) is 5.25 Å². The predicted octanol–water partition coefficient (Wildman–Crippen LogP) is 0.996. The number of rotatable bonds is 5. The summed E-state index contributed by atoms with van der Waals surface area (Å²) in [4.78, 5) is 22.4. The molecule has 1 atom stereocenters. The predicted molar refractivity (Wildman–Crippen MR) is 72.2 cm³/mol. The van der Waals surface area contributed by atoms with E-state index in [2.05, 4.69) is 9.46 Å². The number of carboxylic acid groups (broad SMARTS) is 1. The van der Waals surface area contributed by atoms with E-state index >= 15 is 0 Å². The Bertz CT molecular complexity index is 637. The maximum atomic E-state index is 12.0. The molecule has 0 aliphatic rings. The van der Waals surface area contributed by atoms with E-state index in [4.69, 9.17) is 5.11 Å². The number of nitrogens with one attached hydrogen (secondary N) is 1. The zero-order valence-electron chi connectivity index (χ0n) is 11.2. The van der Waals surface area contributed by atoms with Crippen LogP contribution in [0.1, 0.15) is 22.8 Å². The molecule has 0 amide bonds. The van der Waals surface area contributed by atoms with Gasteiger partial charge < -0.3 is 9.84 Å². The van der Waals surface area contributed by atoms with E-state index in [1.165, 1.54) is 12.1 Å². The van der Waals surface area contributed by atoms with Crippen molar-refractivity contribution in [1.82, 2.24) is 0 Å². The number of aryl methyl sites for hydroxylation is 1. The largest absolute Gasteiger partial charge is 0.478 e. The molecule has 110 valence electrons. The summed E-state index contributed by atoms with van der Waals surface area (Å²) in [7, 11) is -3.01. The number of benzene rings is 1. The van der Waals surface area contributed by atoms with Crippen LogP contribution in [0.5, 0.6) is 0 Å². The summed E-state index contributed by atoms with van der Waals surface area (Å²) in [5, 5.41) is 7.66. The lowest BCUT2D eigenvalue weighted by Crippen LogP contribution is -2.33. The molecule has 0 heterocycles. The fourth-order valence-corrected chi connectivity index (χ4v) is 2.57. The van der Waals surface area contributed by atoms with E-state index in [1.54, 1.807) is 13.0 Å². The van der Waals surface area contributed by atoms with Crippen LogP contribution >= 0.6 is 0 Å². The van der Waals surface area contributed by atoms with Crippen molar-refractivity contribution in [2.24, 2.45) is 0 Å². The minimum atomic E-state index is -4.09. The normalized spacial score (nSPS) is 12.6. The number of hydrogen-bond donors (Lipinski definition) is 2. The van der Waals surface area contributed by atoms with Crippen molar-refractivity contribution in [2.75, 3.05) is 11.8 Å². The Morgan fingerprint density at radius 2 is 1.95 bits per heavy atom. The molecule has 1 rings (SSSR count). The van der Waals surface area contributed by atoms with Gasteiger partial charge in [0.05, 0.1) is 18.4 Å². The minimum absolute atomic E-state index is 0.0896. The fourth-order valence-electron chi connectivity index (χ4n) is 1.57. The van der Waals surface area contributed by atoms with Crippen molar-refractivity contribution < 1.29 is 27.9 Å². The van der Waals surface area contributed by atoms with Gasteiger partial charge in [-0.25, -0.2) is 13.2 Å². The highest BCUT2D eigenvalue weighted by atomic mass is 32.2. The standard InChI is InChI=1S/C12H15NO6S/c1-7-5-4-6-9(10(7)11(14)15)13-20(17,18)8(2)12(16)19-3/h4-6,8,13H,1-3H3,(H,14,15). The number of anilines is 1. The minimum Gasteiger partial charge on any atom is -0.478 e. The lowest BCUT2D eigenvalue weighted by Gasteiger charge is -2.15. The summed E-state index contributed by atoms with van der Waals surface area (Å²) in [5.74, 6) is -2.19. The van der Waals surface area contributed by atoms with Crippen LogP contribution in [0.3, 0.4) is 0 Å². The molecule has 2 N–H and O–H groups in total. The number of hydrogen-bond acceptors (Lipinski definition) is 5. The van der Waals surface area contributed by atoms with Gasteiger partial charge in [-0.1, -0.05) is 12.1 Å². The molecule has 0 bridgehead atoms. The first kappa shape index (κ1) is 16.0. The van der Waals surface area contributed by atoms with Gasteiger partial charge in [0.1, 0.15) is 0 Å². The number of carboxylic acids is 1. The number of aromatic carboxylic acids is 1. The Morgan fingerprint density at radius 3 is 2.45 bits per heavy atom. The molecule has 1 unspecified atom stereocenters. The van der Waals surface area contributed by atoms with E-state index in [0.717, 1.165) is 14.0 Å². The van der Waals surface area contributed by atoms with Crippen LogP contribution in [0.4, 0.5) is 5.69 Å². The molecule has 0 saturated heterocycles. The highest BCUT2D eigenvalue weighted by molar-refractivity contribution is 7.94. The maximum Gasteiger partial charge on any atom is 0.338 e. The number of sulfonamides is 1. The van der Waals surface area contributed by atoms with Crippen LogP contribution in [0.15, 0.2) is 18.2 Å². The Morgan fingerprint density at radius 1 is 1.35 bits per heavy atom. The van der Waals surface area contributed by atoms with E-state index in [-0.39, 0.29) is 11.3 Å². The SMILES string of the molecule is COC(=O)C(C)S(=O)(=O)Nc1cccc(C)c1C(=O)O. The van der Waals surface area contributed by atoms with Crippen LogP contribution in [-0.2, 0) is 19.6 Å². The lowest BCUT2D eigenvalue weighted by molar-refractivity contribution is -0.139. The molecule has 0 fully saturated rings. The monoisotopic (exact) mass is 301 g/mol. The Balaban J connectivity index is 3.20. The van der Waals surface area contributed by atoms with E-state index < -0.39 is 27.2 Å². The Kier molecular flexibility index (Phi) is 4.72. The third-order valence-corrected chi connectivity index (χ3v) is 4.37. The first-order valence-corrected chi connectivity index (χ1v) is 7.17. The number of carbonyl (C=O) groups is 2. The number of ether oxygens (including phenoxy) is 1. The first-order valence-electron chi connectivity index (χ1n) is 5.63. The number of carbonyl (C=O) groups excluding carboxylic acids is 1. The second kappa shape index (κ2) is 5.91. The van der Waals surface area contributed by atoms with Gasteiger partial charge in [0.2, 0.25) is 10.0 Å². The summed E-state index contributed by atoms with van der Waals surface area (Å²) in [6.07, 6.45) is 0. The van der Waals surface area contributed by atoms with Crippen LogP contribution in [0.25, 0.3) is 0 Å². The zero-order valence-corrected chi connectivity index (χ0v) is 12.0. The van der Waals surface area contributed by atoms with E-state index in [1.807, 2.05) is 0 Å². The molecule has 0 aromatic heterocycles. The smallest absolute Gasteiger partial charge is 0.338 e. The van der Waals surface area contributed by atoms with Crippen molar-refractivity contribution in [3.63, 3.8) is 0 Å². The van der Waals surface area contributed by atoms with Crippen molar-refractivity contribution in [2.45, 2.75) is 19.1 Å². The second-order valence-corrected chi connectivity index (χ2v) is 6.12. The van der Waals surface area contributed by atoms with Gasteiger partial charge in [-0.05, 0) is 25.5 Å². The molecular weight excluding hydrogens is 286 g/mol. The van der Waals surface area contributed by atoms with Gasteiger partial charge >= 0.3 is 11.9 Å². The molecule has 1 aromatic carbocycles. The lowest BCUT2D eigenvalue weighted by atomic mass is 10.1. The van der Waals surface area contributed by atoms with Gasteiger partial charge in [-0.3, -0.25) is 9.52 Å². The summed E-state index contributed by atoms with van der Waals surface area (Å²) < 4.78 is 30.4. The average molecular weight is 301 g/mol. The van der Waals surface area contributed by atoms with Gasteiger partial charge in [0, 0.05) is 0 Å². The fraction of sp³-hybridized carbons (Fsp3) is 0.333. The molecule has 0 saturated carbocycles. The molecule has 0 aliphatic heterocycles. The quantitative estimate of drug-likeness (QED) is 0.785. The van der Waals surface area contributed by atoms with Gasteiger partial charge in [-0.15, -0.1) is 0 Å². The molecule has 0 aliphatic carbocycles. The van der Waals surface area contributed by atoms with Crippen molar-refractivity contribution in [3.8, 4) is 0 Å². The molecule has 7 nitrogen and oxygen atoms in total. The Labute approximate surface area is 116 Å². The molecule has 20 heavy (non-hydrogen) atoms. The molecular formula is C12H15NO6S. The highest BCUT2D eigenvalue weighted by Gasteiger charge is 2.30. The zero-order chi connectivity index (χ0) is 15.5. The molecule has 8 heteroatoms. The van der Waals surface area contributed by atoms with Gasteiger partial charge in [0.25, 0.3) is 0 Å². The summed E-state index contributed by atoms with van der Waals surface area (Å²) in [6, 6.07) is 4.38. The third-order valence-electron chi connectivity index (χ3n) is 2.74. The van der Waals surface area contributed by atoms with Crippen molar-refractivity contribution in [3.05, 3.63) is 29.3 Å². The molecule has 1 aromatic rings. The third kappa shape index (κ3) is 3.27. The summed E-state index contributed by atoms with van der Waals surface area (Å²) in [6.45, 7) is 2.70. The van der Waals surface area contributed by atoms with Crippen molar-refractivity contribution >= 4 is 27.6 Å². The van der Waals surface area contributed by atoms with Crippen LogP contribution in [0.2, 0.25) is 0 Å². The summed E-state index contributed by atoms with van der Waals surface area (Å²) in [5.41, 5.74) is 0.157. The topological polar surface area (TPSA) is 110 Å². The van der Waals surface area contributed by atoms with Crippen LogP contribution in [-0.4, -0.2) is 37.8 Å². The highest BCUT2D eigenvalue weighted by Crippen LogP contribution is 2.22. The van der Waals surface area contributed by atoms with Crippen LogP contribution in [0, 0.1) is 6.92 Å². The van der Waals surface area contributed by atoms with Crippen molar-refractivity contribution in [1.29, 1.82) is 0 Å². The average Bonchev–Trinajstić information content (AvgIpc) is 2.36. The summed E-state index contributed by atoms with van der Waals surface area (Å²) >= 11 is 0. The first-order chi connectivity index (χ1) is 9.20. The maximum absolute atomic E-state index is 12.0. The van der Waals surface area contributed by atoms with E-state index in [9.17, 15) is 18.0 Å². The van der Waals surface area contributed by atoms with E-state index in [0.29, 0.717) is 5.56 Å².